The first-order valence-corrected chi connectivity index (χ1v) is 7.95. The highest BCUT2D eigenvalue weighted by Crippen LogP contribution is 2.36. The zero-order valence-electron chi connectivity index (χ0n) is 14.5. The molecule has 0 saturated heterocycles. The molecule has 3 rings (SSSR count). The smallest absolute Gasteiger partial charge is 0.269 e. The molecule has 26 heavy (non-hydrogen) atoms. The van der Waals surface area contributed by atoms with Gasteiger partial charge >= 0.3 is 0 Å². The summed E-state index contributed by atoms with van der Waals surface area (Å²) in [5, 5.41) is 10.9. The number of ether oxygens (including phenoxy) is 2. The van der Waals surface area contributed by atoms with Crippen LogP contribution in [-0.4, -0.2) is 19.1 Å². The van der Waals surface area contributed by atoms with Crippen LogP contribution in [0.3, 0.4) is 0 Å². The minimum Gasteiger partial charge on any atom is -0.497 e. The zero-order valence-corrected chi connectivity index (χ0v) is 14.5. The second-order valence-corrected chi connectivity index (χ2v) is 5.50. The number of hydrogen-bond acceptors (Lipinski definition) is 5. The highest BCUT2D eigenvalue weighted by atomic mass is 16.6. The lowest BCUT2D eigenvalue weighted by molar-refractivity contribution is -0.384. The number of benzene rings is 3. The highest BCUT2D eigenvalue weighted by Gasteiger charge is 2.14. The SMILES string of the molecule is COc1ccc(N(c2ccc(OC)cc2)c2ccc([N+](=O)[O-])cc2)cc1. The van der Waals surface area contributed by atoms with Gasteiger partial charge in [0.15, 0.2) is 0 Å². The highest BCUT2D eigenvalue weighted by molar-refractivity contribution is 5.77. The Morgan fingerprint density at radius 1 is 0.692 bits per heavy atom. The maximum Gasteiger partial charge on any atom is 0.269 e. The molecule has 0 aliphatic rings. The first-order chi connectivity index (χ1) is 12.6. The maximum atomic E-state index is 10.9. The van der Waals surface area contributed by atoms with Gasteiger partial charge in [0, 0.05) is 29.2 Å². The number of nitro groups is 1. The van der Waals surface area contributed by atoms with E-state index in [2.05, 4.69) is 0 Å². The van der Waals surface area contributed by atoms with Crippen molar-refractivity contribution in [2.24, 2.45) is 0 Å². The largest absolute Gasteiger partial charge is 0.497 e. The fourth-order valence-electron chi connectivity index (χ4n) is 2.63. The quantitative estimate of drug-likeness (QED) is 0.458. The topological polar surface area (TPSA) is 64.8 Å². The zero-order chi connectivity index (χ0) is 18.5. The van der Waals surface area contributed by atoms with E-state index < -0.39 is 4.92 Å². The average molecular weight is 350 g/mol. The van der Waals surface area contributed by atoms with E-state index in [4.69, 9.17) is 9.47 Å². The lowest BCUT2D eigenvalue weighted by Gasteiger charge is -2.25. The summed E-state index contributed by atoms with van der Waals surface area (Å²) in [5.41, 5.74) is 2.68. The summed E-state index contributed by atoms with van der Waals surface area (Å²) in [6.07, 6.45) is 0. The number of nitro benzene ring substituents is 1. The molecule has 0 radical (unpaired) electrons. The van der Waals surface area contributed by atoms with Crippen molar-refractivity contribution in [2.45, 2.75) is 0 Å². The van der Waals surface area contributed by atoms with Crippen LogP contribution in [0.2, 0.25) is 0 Å². The summed E-state index contributed by atoms with van der Waals surface area (Å²) < 4.78 is 10.4. The van der Waals surface area contributed by atoms with Gasteiger partial charge in [0.2, 0.25) is 0 Å². The van der Waals surface area contributed by atoms with E-state index in [-0.39, 0.29) is 5.69 Å². The second-order valence-electron chi connectivity index (χ2n) is 5.50. The van der Waals surface area contributed by atoms with Crippen molar-refractivity contribution in [3.05, 3.63) is 82.9 Å². The molecule has 0 aliphatic carbocycles. The predicted octanol–water partition coefficient (Wildman–Crippen LogP) is 5.08. The molecule has 3 aromatic carbocycles. The van der Waals surface area contributed by atoms with Crippen LogP contribution in [0.4, 0.5) is 22.7 Å². The molecule has 6 heteroatoms. The first kappa shape index (κ1) is 17.3. The van der Waals surface area contributed by atoms with Gasteiger partial charge in [-0.05, 0) is 60.7 Å². The molecule has 6 nitrogen and oxygen atoms in total. The molecule has 0 saturated carbocycles. The van der Waals surface area contributed by atoms with Crippen LogP contribution in [-0.2, 0) is 0 Å². The van der Waals surface area contributed by atoms with Gasteiger partial charge < -0.3 is 14.4 Å². The molecule has 3 aromatic rings. The van der Waals surface area contributed by atoms with Crippen molar-refractivity contribution in [2.75, 3.05) is 19.1 Å². The van der Waals surface area contributed by atoms with E-state index in [0.29, 0.717) is 0 Å². The van der Waals surface area contributed by atoms with Gasteiger partial charge in [-0.25, -0.2) is 0 Å². The number of hydrogen-bond donors (Lipinski definition) is 0. The van der Waals surface area contributed by atoms with E-state index in [1.54, 1.807) is 26.4 Å². The lowest BCUT2D eigenvalue weighted by Crippen LogP contribution is -2.09. The molecule has 0 unspecified atom stereocenters. The van der Waals surface area contributed by atoms with Gasteiger partial charge in [0.1, 0.15) is 11.5 Å². The van der Waals surface area contributed by atoms with Crippen LogP contribution >= 0.6 is 0 Å². The Bertz CT molecular complexity index is 828. The van der Waals surface area contributed by atoms with Crippen LogP contribution in [0.25, 0.3) is 0 Å². The van der Waals surface area contributed by atoms with Crippen LogP contribution in [0, 0.1) is 10.1 Å². The average Bonchev–Trinajstić information content (AvgIpc) is 2.69. The third-order valence-corrected chi connectivity index (χ3v) is 3.98. The van der Waals surface area contributed by atoms with Gasteiger partial charge in [-0.1, -0.05) is 0 Å². The van der Waals surface area contributed by atoms with Crippen LogP contribution < -0.4 is 14.4 Å². The molecule has 0 spiro atoms. The lowest BCUT2D eigenvalue weighted by atomic mass is 10.1. The Kier molecular flexibility index (Phi) is 5.03. The summed E-state index contributed by atoms with van der Waals surface area (Å²) in [4.78, 5) is 12.5. The molecule has 132 valence electrons. The molecule has 0 N–H and O–H groups in total. The summed E-state index contributed by atoms with van der Waals surface area (Å²) in [6, 6.07) is 21.7. The van der Waals surface area contributed by atoms with Crippen molar-refractivity contribution < 1.29 is 14.4 Å². The van der Waals surface area contributed by atoms with Gasteiger partial charge in [0.25, 0.3) is 5.69 Å². The van der Waals surface area contributed by atoms with E-state index in [9.17, 15) is 10.1 Å². The van der Waals surface area contributed by atoms with E-state index >= 15 is 0 Å². The number of rotatable bonds is 6. The number of anilines is 3. The van der Waals surface area contributed by atoms with Gasteiger partial charge in [-0.3, -0.25) is 10.1 Å². The molecule has 0 aromatic heterocycles. The second kappa shape index (κ2) is 7.57. The van der Waals surface area contributed by atoms with Crippen LogP contribution in [0.15, 0.2) is 72.8 Å². The van der Waals surface area contributed by atoms with Crippen LogP contribution in [0.1, 0.15) is 0 Å². The normalized spacial score (nSPS) is 10.2. The molecule has 0 fully saturated rings. The predicted molar refractivity (Wildman–Crippen MR) is 101 cm³/mol. The molecular weight excluding hydrogens is 332 g/mol. The molecular formula is C20H18N2O4. The standard InChI is InChI=1S/C20H18N2O4/c1-25-19-11-7-16(8-12-19)21(17-9-13-20(26-2)14-10-17)15-3-5-18(6-4-15)22(23)24/h3-14H,1-2H3. The van der Waals surface area contributed by atoms with E-state index in [1.807, 2.05) is 53.4 Å². The van der Waals surface area contributed by atoms with Crippen molar-refractivity contribution in [3.8, 4) is 11.5 Å². The van der Waals surface area contributed by atoms with Crippen molar-refractivity contribution in [1.29, 1.82) is 0 Å². The molecule has 0 atom stereocenters. The van der Waals surface area contributed by atoms with Gasteiger partial charge in [0.05, 0.1) is 19.1 Å². The maximum absolute atomic E-state index is 10.9. The third-order valence-electron chi connectivity index (χ3n) is 3.98. The monoisotopic (exact) mass is 350 g/mol. The Balaban J connectivity index is 2.06. The molecule has 0 bridgehead atoms. The number of nitrogens with zero attached hydrogens (tertiary/aromatic N) is 2. The van der Waals surface area contributed by atoms with E-state index in [1.165, 1.54) is 12.1 Å². The number of non-ortho nitro benzene ring substituents is 1. The van der Waals surface area contributed by atoms with E-state index in [0.717, 1.165) is 28.6 Å². The summed E-state index contributed by atoms with van der Waals surface area (Å²) in [6.45, 7) is 0. The van der Waals surface area contributed by atoms with Crippen molar-refractivity contribution >= 4 is 22.7 Å². The molecule has 0 aliphatic heterocycles. The van der Waals surface area contributed by atoms with Crippen molar-refractivity contribution in [3.63, 3.8) is 0 Å². The van der Waals surface area contributed by atoms with Gasteiger partial charge in [-0.2, -0.15) is 0 Å². The molecule has 0 amide bonds. The Labute approximate surface area is 151 Å². The Morgan fingerprint density at radius 3 is 1.35 bits per heavy atom. The third kappa shape index (κ3) is 3.59. The Hall–Kier alpha value is -3.54. The minimum atomic E-state index is -0.408. The summed E-state index contributed by atoms with van der Waals surface area (Å²) >= 11 is 0. The van der Waals surface area contributed by atoms with Crippen LogP contribution in [0.5, 0.6) is 11.5 Å². The van der Waals surface area contributed by atoms with Crippen molar-refractivity contribution in [1.82, 2.24) is 0 Å². The van der Waals surface area contributed by atoms with Gasteiger partial charge in [-0.15, -0.1) is 0 Å². The minimum absolute atomic E-state index is 0.0539. The fraction of sp³-hybridized carbons (Fsp3) is 0.100. The molecule has 0 heterocycles. The number of methoxy groups -OCH3 is 2. The first-order valence-electron chi connectivity index (χ1n) is 7.95. The summed E-state index contributed by atoms with van der Waals surface area (Å²) in [5.74, 6) is 1.51. The summed E-state index contributed by atoms with van der Waals surface area (Å²) in [7, 11) is 3.24. The fourth-order valence-corrected chi connectivity index (χ4v) is 2.63. The Morgan fingerprint density at radius 2 is 1.04 bits per heavy atom.